The van der Waals surface area contributed by atoms with Crippen LogP contribution in [-0.2, 0) is 12.8 Å². The lowest BCUT2D eigenvalue weighted by atomic mass is 10.0. The number of furan rings is 1. The quantitative estimate of drug-likeness (QED) is 0.814. The Morgan fingerprint density at radius 1 is 1.28 bits per heavy atom. The highest BCUT2D eigenvalue weighted by Gasteiger charge is 2.10. The van der Waals surface area contributed by atoms with Gasteiger partial charge >= 0.3 is 0 Å². The Bertz CT molecular complexity index is 425. The lowest BCUT2D eigenvalue weighted by molar-refractivity contribution is 0.499. The lowest BCUT2D eigenvalue weighted by Crippen LogP contribution is -2.33. The van der Waals surface area contributed by atoms with E-state index < -0.39 is 0 Å². The molecule has 0 aliphatic carbocycles. The Morgan fingerprint density at radius 3 is 2.83 bits per heavy atom. The average molecular weight is 244 g/mol. The standard InChI is InChI=1S/C15H20N2O/c1-2-6-17-15(10-14-5-8-18-12-14)9-13-4-3-7-16-11-13/h3-5,7-8,11-12,15,17H,2,6,9-10H2,1H3. The minimum absolute atomic E-state index is 0.437. The van der Waals surface area contributed by atoms with E-state index in [1.54, 1.807) is 6.26 Å². The molecule has 0 spiro atoms. The molecule has 1 atom stereocenters. The second kappa shape index (κ2) is 6.97. The summed E-state index contributed by atoms with van der Waals surface area (Å²) >= 11 is 0. The first kappa shape index (κ1) is 12.8. The van der Waals surface area contributed by atoms with Crippen LogP contribution in [-0.4, -0.2) is 17.6 Å². The minimum Gasteiger partial charge on any atom is -0.472 e. The van der Waals surface area contributed by atoms with Gasteiger partial charge in [-0.15, -0.1) is 0 Å². The molecule has 3 nitrogen and oxygen atoms in total. The summed E-state index contributed by atoms with van der Waals surface area (Å²) in [4.78, 5) is 4.17. The zero-order valence-electron chi connectivity index (χ0n) is 10.8. The summed E-state index contributed by atoms with van der Waals surface area (Å²) in [6.07, 6.45) is 10.4. The molecule has 0 aromatic carbocycles. The van der Waals surface area contributed by atoms with E-state index >= 15 is 0 Å². The fraction of sp³-hybridized carbons (Fsp3) is 0.400. The summed E-state index contributed by atoms with van der Waals surface area (Å²) in [5, 5.41) is 3.59. The van der Waals surface area contributed by atoms with Crippen LogP contribution >= 0.6 is 0 Å². The Balaban J connectivity index is 1.96. The third kappa shape index (κ3) is 4.00. The molecule has 96 valence electrons. The van der Waals surface area contributed by atoms with Crippen molar-refractivity contribution in [3.8, 4) is 0 Å². The largest absolute Gasteiger partial charge is 0.472 e. The molecule has 0 aliphatic rings. The molecule has 2 rings (SSSR count). The number of rotatable bonds is 7. The summed E-state index contributed by atoms with van der Waals surface area (Å²) in [6, 6.07) is 6.59. The van der Waals surface area contributed by atoms with Gasteiger partial charge in [0.2, 0.25) is 0 Å². The molecule has 0 aliphatic heterocycles. The van der Waals surface area contributed by atoms with Crippen LogP contribution in [0.15, 0.2) is 47.5 Å². The van der Waals surface area contributed by atoms with Crippen molar-refractivity contribution in [3.05, 3.63) is 54.2 Å². The Labute approximate surface area is 108 Å². The summed E-state index contributed by atoms with van der Waals surface area (Å²) in [5.41, 5.74) is 2.52. The van der Waals surface area contributed by atoms with Crippen molar-refractivity contribution in [3.63, 3.8) is 0 Å². The van der Waals surface area contributed by atoms with Crippen LogP contribution in [0.4, 0.5) is 0 Å². The molecule has 1 N–H and O–H groups in total. The van der Waals surface area contributed by atoms with Crippen LogP contribution in [0.25, 0.3) is 0 Å². The number of hydrogen-bond donors (Lipinski definition) is 1. The van der Waals surface area contributed by atoms with Gasteiger partial charge in [0.05, 0.1) is 12.5 Å². The van der Waals surface area contributed by atoms with E-state index in [4.69, 9.17) is 4.42 Å². The molecule has 1 unspecified atom stereocenters. The van der Waals surface area contributed by atoms with Gasteiger partial charge in [0.1, 0.15) is 0 Å². The molecule has 0 fully saturated rings. The molecule has 18 heavy (non-hydrogen) atoms. The minimum atomic E-state index is 0.437. The van der Waals surface area contributed by atoms with Gasteiger partial charge in [0.25, 0.3) is 0 Å². The number of hydrogen-bond acceptors (Lipinski definition) is 3. The summed E-state index contributed by atoms with van der Waals surface area (Å²) in [6.45, 7) is 3.23. The molecule has 2 heterocycles. The Kier molecular flexibility index (Phi) is 4.97. The predicted octanol–water partition coefficient (Wildman–Crippen LogP) is 2.83. The van der Waals surface area contributed by atoms with Gasteiger partial charge in [-0.25, -0.2) is 0 Å². The molecule has 0 amide bonds. The van der Waals surface area contributed by atoms with E-state index in [1.807, 2.05) is 30.8 Å². The second-order valence-electron chi connectivity index (χ2n) is 4.55. The second-order valence-corrected chi connectivity index (χ2v) is 4.55. The van der Waals surface area contributed by atoms with Crippen molar-refractivity contribution < 1.29 is 4.42 Å². The van der Waals surface area contributed by atoms with Crippen molar-refractivity contribution in [1.82, 2.24) is 10.3 Å². The number of nitrogens with one attached hydrogen (secondary N) is 1. The van der Waals surface area contributed by atoms with Gasteiger partial charge in [-0.2, -0.15) is 0 Å². The van der Waals surface area contributed by atoms with E-state index in [0.29, 0.717) is 6.04 Å². The summed E-state index contributed by atoms with van der Waals surface area (Å²) in [5.74, 6) is 0. The van der Waals surface area contributed by atoms with Crippen LogP contribution < -0.4 is 5.32 Å². The number of pyridine rings is 1. The van der Waals surface area contributed by atoms with Crippen LogP contribution in [0.3, 0.4) is 0 Å². The Morgan fingerprint density at radius 2 is 2.17 bits per heavy atom. The molecular weight excluding hydrogens is 224 g/mol. The molecule has 0 radical (unpaired) electrons. The topological polar surface area (TPSA) is 38.1 Å². The highest BCUT2D eigenvalue weighted by molar-refractivity contribution is 5.13. The molecule has 2 aromatic rings. The van der Waals surface area contributed by atoms with E-state index in [-0.39, 0.29) is 0 Å². The fourth-order valence-electron chi connectivity index (χ4n) is 2.06. The van der Waals surface area contributed by atoms with Crippen molar-refractivity contribution in [2.24, 2.45) is 0 Å². The maximum atomic E-state index is 5.13. The van der Waals surface area contributed by atoms with E-state index in [1.165, 1.54) is 11.1 Å². The molecule has 3 heteroatoms. The lowest BCUT2D eigenvalue weighted by Gasteiger charge is -2.17. The SMILES string of the molecule is CCCNC(Cc1cccnc1)Cc1ccoc1. The zero-order chi connectivity index (χ0) is 12.6. The maximum Gasteiger partial charge on any atom is 0.0935 e. The highest BCUT2D eigenvalue weighted by Crippen LogP contribution is 2.09. The third-order valence-corrected chi connectivity index (χ3v) is 2.95. The number of aromatic nitrogens is 1. The summed E-state index contributed by atoms with van der Waals surface area (Å²) in [7, 11) is 0. The Hall–Kier alpha value is -1.61. The van der Waals surface area contributed by atoms with Gasteiger partial charge in [-0.1, -0.05) is 13.0 Å². The maximum absolute atomic E-state index is 5.13. The van der Waals surface area contributed by atoms with E-state index in [9.17, 15) is 0 Å². The average Bonchev–Trinajstić information content (AvgIpc) is 2.90. The highest BCUT2D eigenvalue weighted by atomic mass is 16.3. The molecular formula is C15H20N2O. The molecule has 2 aromatic heterocycles. The zero-order valence-corrected chi connectivity index (χ0v) is 10.8. The molecule has 0 saturated carbocycles. The van der Waals surface area contributed by atoms with Crippen molar-refractivity contribution in [2.45, 2.75) is 32.2 Å². The monoisotopic (exact) mass is 244 g/mol. The first-order valence-corrected chi connectivity index (χ1v) is 6.52. The van der Waals surface area contributed by atoms with Crippen molar-refractivity contribution in [1.29, 1.82) is 0 Å². The van der Waals surface area contributed by atoms with Crippen LogP contribution in [0.5, 0.6) is 0 Å². The van der Waals surface area contributed by atoms with Crippen molar-refractivity contribution >= 4 is 0 Å². The molecule has 0 saturated heterocycles. The predicted molar refractivity (Wildman–Crippen MR) is 72.4 cm³/mol. The smallest absolute Gasteiger partial charge is 0.0935 e. The van der Waals surface area contributed by atoms with E-state index in [2.05, 4.69) is 23.3 Å². The van der Waals surface area contributed by atoms with Gasteiger partial charge in [0.15, 0.2) is 0 Å². The van der Waals surface area contributed by atoms with Gasteiger partial charge < -0.3 is 9.73 Å². The summed E-state index contributed by atoms with van der Waals surface area (Å²) < 4.78 is 5.13. The van der Waals surface area contributed by atoms with E-state index in [0.717, 1.165) is 25.8 Å². The van der Waals surface area contributed by atoms with Crippen LogP contribution in [0, 0.1) is 0 Å². The van der Waals surface area contributed by atoms with Crippen LogP contribution in [0.2, 0.25) is 0 Å². The number of nitrogens with zero attached hydrogens (tertiary/aromatic N) is 1. The first-order chi connectivity index (χ1) is 8.88. The van der Waals surface area contributed by atoms with Gasteiger partial charge in [0, 0.05) is 18.4 Å². The third-order valence-electron chi connectivity index (χ3n) is 2.95. The van der Waals surface area contributed by atoms with Gasteiger partial charge in [-0.3, -0.25) is 4.98 Å². The van der Waals surface area contributed by atoms with Gasteiger partial charge in [-0.05, 0) is 49.1 Å². The molecule has 0 bridgehead atoms. The van der Waals surface area contributed by atoms with Crippen LogP contribution in [0.1, 0.15) is 24.5 Å². The first-order valence-electron chi connectivity index (χ1n) is 6.52. The fourth-order valence-corrected chi connectivity index (χ4v) is 2.06. The normalized spacial score (nSPS) is 12.5. The van der Waals surface area contributed by atoms with Crippen molar-refractivity contribution in [2.75, 3.05) is 6.54 Å².